The SMILES string of the molecule is CN=C(NCCc1cccs1)NCc1c(C)noc1C.I. The van der Waals surface area contributed by atoms with E-state index >= 15 is 0 Å². The van der Waals surface area contributed by atoms with E-state index in [1.807, 2.05) is 13.8 Å². The zero-order chi connectivity index (χ0) is 14.4. The Morgan fingerprint density at radius 2 is 2.19 bits per heavy atom. The van der Waals surface area contributed by atoms with Crippen molar-refractivity contribution in [3.05, 3.63) is 39.4 Å². The third-order valence-electron chi connectivity index (χ3n) is 3.08. The number of thiophene rings is 1. The van der Waals surface area contributed by atoms with Gasteiger partial charge in [0, 0.05) is 30.6 Å². The smallest absolute Gasteiger partial charge is 0.191 e. The summed E-state index contributed by atoms with van der Waals surface area (Å²) in [6.45, 7) is 5.39. The topological polar surface area (TPSA) is 62.5 Å². The molecule has 0 aromatic carbocycles. The fraction of sp³-hybridized carbons (Fsp3) is 0.429. The highest BCUT2D eigenvalue weighted by molar-refractivity contribution is 14.0. The summed E-state index contributed by atoms with van der Waals surface area (Å²) in [6.07, 6.45) is 1.00. The molecule has 0 unspecified atom stereocenters. The molecule has 0 radical (unpaired) electrons. The summed E-state index contributed by atoms with van der Waals surface area (Å²) in [5.41, 5.74) is 2.01. The van der Waals surface area contributed by atoms with Gasteiger partial charge in [0.1, 0.15) is 5.76 Å². The second-order valence-electron chi connectivity index (χ2n) is 4.48. The standard InChI is InChI=1S/C14H20N4OS.HI/c1-10-13(11(2)19-18-10)9-17-14(15-3)16-7-6-12-5-4-8-20-12;/h4-5,8H,6-7,9H2,1-3H3,(H2,15,16,17);1H. The highest BCUT2D eigenvalue weighted by Gasteiger charge is 2.09. The van der Waals surface area contributed by atoms with Gasteiger partial charge in [0.05, 0.1) is 5.69 Å². The summed E-state index contributed by atoms with van der Waals surface area (Å²) < 4.78 is 5.14. The Morgan fingerprint density at radius 1 is 1.38 bits per heavy atom. The quantitative estimate of drug-likeness (QED) is 0.444. The molecule has 0 aliphatic carbocycles. The van der Waals surface area contributed by atoms with Crippen LogP contribution in [0.5, 0.6) is 0 Å². The molecule has 0 saturated carbocycles. The first-order chi connectivity index (χ1) is 9.70. The van der Waals surface area contributed by atoms with E-state index in [9.17, 15) is 0 Å². The first-order valence-electron chi connectivity index (χ1n) is 6.59. The van der Waals surface area contributed by atoms with E-state index in [1.165, 1.54) is 4.88 Å². The zero-order valence-corrected chi connectivity index (χ0v) is 15.6. The molecule has 2 rings (SSSR count). The molecule has 0 atom stereocenters. The molecule has 2 aromatic heterocycles. The predicted molar refractivity (Wildman–Crippen MR) is 97.6 cm³/mol. The lowest BCUT2D eigenvalue weighted by atomic mass is 10.2. The van der Waals surface area contributed by atoms with Gasteiger partial charge in [0.2, 0.25) is 0 Å². The van der Waals surface area contributed by atoms with Crippen LogP contribution in [-0.2, 0) is 13.0 Å². The van der Waals surface area contributed by atoms with Gasteiger partial charge in [-0.25, -0.2) is 0 Å². The third-order valence-corrected chi connectivity index (χ3v) is 4.02. The minimum absolute atomic E-state index is 0. The monoisotopic (exact) mass is 420 g/mol. The summed E-state index contributed by atoms with van der Waals surface area (Å²) in [5, 5.41) is 12.6. The van der Waals surface area contributed by atoms with Crippen LogP contribution in [0.2, 0.25) is 0 Å². The van der Waals surface area contributed by atoms with Gasteiger partial charge in [-0.3, -0.25) is 4.99 Å². The van der Waals surface area contributed by atoms with Crippen LogP contribution in [0, 0.1) is 13.8 Å². The van der Waals surface area contributed by atoms with E-state index in [2.05, 4.69) is 38.3 Å². The van der Waals surface area contributed by atoms with E-state index in [0.717, 1.165) is 35.9 Å². The first kappa shape index (κ1) is 18.0. The Morgan fingerprint density at radius 3 is 2.76 bits per heavy atom. The van der Waals surface area contributed by atoms with Gasteiger partial charge < -0.3 is 15.2 Å². The lowest BCUT2D eigenvalue weighted by Gasteiger charge is -2.11. The second-order valence-corrected chi connectivity index (χ2v) is 5.52. The van der Waals surface area contributed by atoms with Crippen molar-refractivity contribution in [2.75, 3.05) is 13.6 Å². The van der Waals surface area contributed by atoms with Crippen molar-refractivity contribution >= 4 is 41.3 Å². The van der Waals surface area contributed by atoms with E-state index in [4.69, 9.17) is 4.52 Å². The van der Waals surface area contributed by atoms with Gasteiger partial charge in [0.15, 0.2) is 5.96 Å². The molecule has 0 aliphatic heterocycles. The number of aliphatic imine (C=N–C) groups is 1. The Labute approximate surface area is 146 Å². The van der Waals surface area contributed by atoms with Crippen LogP contribution in [0.3, 0.4) is 0 Å². The fourth-order valence-corrected chi connectivity index (χ4v) is 2.61. The molecule has 0 amide bonds. The Hall–Kier alpha value is -1.09. The fourth-order valence-electron chi connectivity index (χ4n) is 1.91. The molecule has 7 heteroatoms. The van der Waals surface area contributed by atoms with E-state index in [0.29, 0.717) is 6.54 Å². The number of aryl methyl sites for hydroxylation is 2. The van der Waals surface area contributed by atoms with Crippen molar-refractivity contribution in [1.82, 2.24) is 15.8 Å². The van der Waals surface area contributed by atoms with Crippen molar-refractivity contribution in [3.63, 3.8) is 0 Å². The largest absolute Gasteiger partial charge is 0.361 e. The van der Waals surface area contributed by atoms with Gasteiger partial charge in [0.25, 0.3) is 0 Å². The van der Waals surface area contributed by atoms with Crippen LogP contribution in [-0.4, -0.2) is 24.7 Å². The molecular weight excluding hydrogens is 399 g/mol. The predicted octanol–water partition coefficient (Wildman–Crippen LogP) is 2.88. The molecule has 2 aromatic rings. The molecule has 0 spiro atoms. The third kappa shape index (κ3) is 5.31. The molecule has 21 heavy (non-hydrogen) atoms. The summed E-state index contributed by atoms with van der Waals surface area (Å²) in [7, 11) is 1.77. The number of guanidine groups is 1. The minimum atomic E-state index is 0. The Balaban J connectivity index is 0.00000220. The van der Waals surface area contributed by atoms with Crippen LogP contribution < -0.4 is 10.6 Å². The zero-order valence-electron chi connectivity index (χ0n) is 12.5. The van der Waals surface area contributed by atoms with Crippen molar-refractivity contribution in [1.29, 1.82) is 0 Å². The van der Waals surface area contributed by atoms with Crippen molar-refractivity contribution < 1.29 is 4.52 Å². The molecular formula is C14H21IN4OS. The summed E-state index contributed by atoms with van der Waals surface area (Å²) in [5.74, 6) is 1.64. The Bertz CT molecular complexity index is 546. The van der Waals surface area contributed by atoms with Crippen LogP contribution in [0.1, 0.15) is 21.9 Å². The van der Waals surface area contributed by atoms with E-state index < -0.39 is 0 Å². The van der Waals surface area contributed by atoms with E-state index in [1.54, 1.807) is 18.4 Å². The van der Waals surface area contributed by atoms with Gasteiger partial charge in [-0.2, -0.15) is 0 Å². The van der Waals surface area contributed by atoms with Crippen LogP contribution in [0.4, 0.5) is 0 Å². The molecule has 2 N–H and O–H groups in total. The number of hydrogen-bond donors (Lipinski definition) is 2. The maximum absolute atomic E-state index is 5.14. The van der Waals surface area contributed by atoms with Gasteiger partial charge in [-0.05, 0) is 31.7 Å². The second kappa shape index (κ2) is 9.04. The molecule has 0 fully saturated rings. The number of rotatable bonds is 5. The molecule has 0 aliphatic rings. The van der Waals surface area contributed by atoms with Crippen LogP contribution >= 0.6 is 35.3 Å². The van der Waals surface area contributed by atoms with Crippen LogP contribution in [0.25, 0.3) is 0 Å². The lowest BCUT2D eigenvalue weighted by molar-refractivity contribution is 0.392. The molecule has 0 bridgehead atoms. The van der Waals surface area contributed by atoms with Gasteiger partial charge in [-0.15, -0.1) is 35.3 Å². The first-order valence-corrected chi connectivity index (χ1v) is 7.47. The maximum Gasteiger partial charge on any atom is 0.191 e. The molecule has 2 heterocycles. The van der Waals surface area contributed by atoms with Crippen molar-refractivity contribution in [2.45, 2.75) is 26.8 Å². The molecule has 116 valence electrons. The number of nitrogens with zero attached hydrogens (tertiary/aromatic N) is 2. The highest BCUT2D eigenvalue weighted by Crippen LogP contribution is 2.11. The Kier molecular flexibility index (Phi) is 7.73. The molecule has 0 saturated heterocycles. The lowest BCUT2D eigenvalue weighted by Crippen LogP contribution is -2.37. The van der Waals surface area contributed by atoms with Gasteiger partial charge >= 0.3 is 0 Å². The summed E-state index contributed by atoms with van der Waals surface area (Å²) >= 11 is 1.78. The normalized spacial score (nSPS) is 11.1. The van der Waals surface area contributed by atoms with Crippen molar-refractivity contribution in [2.24, 2.45) is 4.99 Å². The molecule has 5 nitrogen and oxygen atoms in total. The number of halogens is 1. The maximum atomic E-state index is 5.14. The average molecular weight is 420 g/mol. The summed E-state index contributed by atoms with van der Waals surface area (Å²) in [6, 6.07) is 4.22. The van der Waals surface area contributed by atoms with E-state index in [-0.39, 0.29) is 24.0 Å². The highest BCUT2D eigenvalue weighted by atomic mass is 127. The number of aromatic nitrogens is 1. The average Bonchev–Trinajstić information content (AvgIpc) is 3.06. The number of nitrogens with one attached hydrogen (secondary N) is 2. The van der Waals surface area contributed by atoms with Crippen molar-refractivity contribution in [3.8, 4) is 0 Å². The minimum Gasteiger partial charge on any atom is -0.361 e. The van der Waals surface area contributed by atoms with Crippen LogP contribution in [0.15, 0.2) is 27.0 Å². The summed E-state index contributed by atoms with van der Waals surface area (Å²) in [4.78, 5) is 5.59. The van der Waals surface area contributed by atoms with Gasteiger partial charge in [-0.1, -0.05) is 11.2 Å². The number of hydrogen-bond acceptors (Lipinski definition) is 4.